The zero-order chi connectivity index (χ0) is 21.8. The second kappa shape index (κ2) is 9.24. The van der Waals surface area contributed by atoms with Crippen molar-refractivity contribution in [1.82, 2.24) is 20.0 Å². The molecule has 2 fully saturated rings. The van der Waals surface area contributed by atoms with E-state index in [1.54, 1.807) is 28.9 Å². The molecule has 4 rings (SSSR count). The minimum atomic E-state index is -0.276. The maximum Gasteiger partial charge on any atom is 0.318 e. The molecule has 31 heavy (non-hydrogen) atoms. The second-order valence-corrected chi connectivity index (χ2v) is 8.05. The van der Waals surface area contributed by atoms with E-state index in [1.807, 2.05) is 35.2 Å². The predicted octanol–water partition coefficient (Wildman–Crippen LogP) is 2.42. The van der Waals surface area contributed by atoms with Gasteiger partial charge in [0.15, 0.2) is 5.76 Å². The normalized spacial score (nSPS) is 17.7. The van der Waals surface area contributed by atoms with Crippen molar-refractivity contribution in [1.29, 1.82) is 0 Å². The van der Waals surface area contributed by atoms with Crippen LogP contribution in [0.25, 0.3) is 0 Å². The van der Waals surface area contributed by atoms with Gasteiger partial charge in [-0.3, -0.25) is 9.59 Å². The number of hydrogen-bond acceptors (Lipinski definition) is 4. The fourth-order valence-corrected chi connectivity index (χ4v) is 4.10. The first-order valence-corrected chi connectivity index (χ1v) is 10.7. The molecule has 8 heteroatoms. The van der Waals surface area contributed by atoms with Gasteiger partial charge in [-0.05, 0) is 31.0 Å². The van der Waals surface area contributed by atoms with Gasteiger partial charge in [0, 0.05) is 45.7 Å². The van der Waals surface area contributed by atoms with Gasteiger partial charge in [0.25, 0.3) is 5.91 Å². The summed E-state index contributed by atoms with van der Waals surface area (Å²) in [5.41, 5.74) is 0.970. The van der Waals surface area contributed by atoms with Crippen LogP contribution in [-0.2, 0) is 4.79 Å². The monoisotopic (exact) mass is 424 g/mol. The Labute approximate surface area is 181 Å². The van der Waals surface area contributed by atoms with Gasteiger partial charge in [-0.1, -0.05) is 30.3 Å². The van der Waals surface area contributed by atoms with Crippen LogP contribution in [0.4, 0.5) is 4.79 Å². The van der Waals surface area contributed by atoms with Crippen molar-refractivity contribution < 1.29 is 18.8 Å². The Morgan fingerprint density at radius 3 is 2.32 bits per heavy atom. The Morgan fingerprint density at radius 2 is 1.71 bits per heavy atom. The highest BCUT2D eigenvalue weighted by atomic mass is 16.3. The van der Waals surface area contributed by atoms with Gasteiger partial charge in [0.1, 0.15) is 5.76 Å². The van der Waals surface area contributed by atoms with Crippen LogP contribution >= 0.6 is 0 Å². The summed E-state index contributed by atoms with van der Waals surface area (Å²) in [6, 6.07) is 12.7. The Balaban J connectivity index is 1.36. The third kappa shape index (κ3) is 4.90. The van der Waals surface area contributed by atoms with E-state index in [4.69, 9.17) is 4.42 Å². The number of aryl methyl sites for hydroxylation is 1. The molecule has 8 nitrogen and oxygen atoms in total. The van der Waals surface area contributed by atoms with E-state index >= 15 is 0 Å². The number of hydrogen-bond donors (Lipinski definition) is 1. The van der Waals surface area contributed by atoms with Crippen molar-refractivity contribution in [3.63, 3.8) is 0 Å². The smallest absolute Gasteiger partial charge is 0.318 e. The second-order valence-electron chi connectivity index (χ2n) is 8.05. The van der Waals surface area contributed by atoms with Crippen molar-refractivity contribution in [2.45, 2.75) is 25.8 Å². The van der Waals surface area contributed by atoms with Crippen LogP contribution in [0.5, 0.6) is 0 Å². The quantitative estimate of drug-likeness (QED) is 0.799. The minimum absolute atomic E-state index is 0.135. The number of furan rings is 1. The van der Waals surface area contributed by atoms with Crippen molar-refractivity contribution in [2.24, 2.45) is 0 Å². The average molecular weight is 425 g/mol. The summed E-state index contributed by atoms with van der Waals surface area (Å²) < 4.78 is 5.43. The molecule has 164 valence electrons. The number of nitrogens with zero attached hydrogens (tertiary/aromatic N) is 3. The molecule has 1 aromatic carbocycles. The molecule has 4 amide bonds. The van der Waals surface area contributed by atoms with Crippen molar-refractivity contribution in [3.05, 3.63) is 59.5 Å². The molecule has 2 saturated heterocycles. The van der Waals surface area contributed by atoms with E-state index < -0.39 is 0 Å². The maximum atomic E-state index is 13.0. The largest absolute Gasteiger partial charge is 0.456 e. The van der Waals surface area contributed by atoms with Gasteiger partial charge in [-0.2, -0.15) is 0 Å². The highest BCUT2D eigenvalue weighted by molar-refractivity contribution is 5.91. The highest BCUT2D eigenvalue weighted by Crippen LogP contribution is 2.19. The molecular formula is C23H28N4O4. The molecule has 2 aliphatic heterocycles. The van der Waals surface area contributed by atoms with E-state index in [1.165, 1.54) is 0 Å². The molecule has 3 heterocycles. The summed E-state index contributed by atoms with van der Waals surface area (Å²) in [6.07, 6.45) is 1.43. The summed E-state index contributed by atoms with van der Waals surface area (Å²) in [7, 11) is 0. The van der Waals surface area contributed by atoms with Crippen molar-refractivity contribution in [2.75, 3.05) is 39.3 Å². The number of urea groups is 1. The molecule has 1 unspecified atom stereocenters. The first-order chi connectivity index (χ1) is 15.0. The maximum absolute atomic E-state index is 13.0. The lowest BCUT2D eigenvalue weighted by molar-refractivity contribution is -0.128. The van der Waals surface area contributed by atoms with Crippen LogP contribution in [0, 0.1) is 6.92 Å². The highest BCUT2D eigenvalue weighted by Gasteiger charge is 2.29. The zero-order valence-electron chi connectivity index (χ0n) is 17.8. The Kier molecular flexibility index (Phi) is 6.25. The topological polar surface area (TPSA) is 86.1 Å². The van der Waals surface area contributed by atoms with Crippen LogP contribution in [-0.4, -0.2) is 71.8 Å². The van der Waals surface area contributed by atoms with Crippen LogP contribution in [0.1, 0.15) is 40.8 Å². The molecule has 0 spiro atoms. The van der Waals surface area contributed by atoms with E-state index in [2.05, 4.69) is 5.32 Å². The Hall–Kier alpha value is -3.29. The lowest BCUT2D eigenvalue weighted by Crippen LogP contribution is -2.54. The molecule has 0 saturated carbocycles. The molecule has 2 aliphatic rings. The predicted molar refractivity (Wildman–Crippen MR) is 114 cm³/mol. The fourth-order valence-electron chi connectivity index (χ4n) is 4.10. The van der Waals surface area contributed by atoms with E-state index in [-0.39, 0.29) is 23.9 Å². The van der Waals surface area contributed by atoms with Crippen LogP contribution in [0.15, 0.2) is 46.9 Å². The van der Waals surface area contributed by atoms with Crippen LogP contribution in [0.3, 0.4) is 0 Å². The van der Waals surface area contributed by atoms with Crippen molar-refractivity contribution >= 4 is 17.8 Å². The molecule has 0 bridgehead atoms. The molecule has 0 radical (unpaired) electrons. The first-order valence-electron chi connectivity index (χ1n) is 10.7. The van der Waals surface area contributed by atoms with E-state index in [0.717, 1.165) is 18.5 Å². The van der Waals surface area contributed by atoms with Crippen molar-refractivity contribution in [3.8, 4) is 0 Å². The molecule has 0 aliphatic carbocycles. The number of carbonyl (C=O) groups excluding carboxylic acids is 3. The summed E-state index contributed by atoms with van der Waals surface area (Å²) >= 11 is 0. The van der Waals surface area contributed by atoms with E-state index in [9.17, 15) is 14.4 Å². The molecule has 1 N–H and O–H groups in total. The van der Waals surface area contributed by atoms with Gasteiger partial charge < -0.3 is 24.4 Å². The van der Waals surface area contributed by atoms with Gasteiger partial charge in [0.2, 0.25) is 5.91 Å². The standard InChI is InChI=1S/C23H28N4O4/c1-17-9-10-20(31-17)22(29)25-12-14-26(15-13-25)23(30)24-19(18-6-3-2-4-7-18)16-27-11-5-8-21(27)28/h2-4,6-7,9-10,19H,5,8,11-16H2,1H3,(H,24,30). The molecule has 1 aromatic heterocycles. The number of rotatable bonds is 5. The summed E-state index contributed by atoms with van der Waals surface area (Å²) in [6.45, 7) is 4.79. The molecule has 2 aromatic rings. The van der Waals surface area contributed by atoms with Gasteiger partial charge in [0.05, 0.1) is 6.04 Å². The lowest BCUT2D eigenvalue weighted by Gasteiger charge is -2.35. The first kappa shape index (κ1) is 21.0. The summed E-state index contributed by atoms with van der Waals surface area (Å²) in [5, 5.41) is 3.10. The third-order valence-electron chi connectivity index (χ3n) is 5.88. The fraction of sp³-hybridized carbons (Fsp3) is 0.435. The Bertz CT molecular complexity index is 934. The lowest BCUT2D eigenvalue weighted by atomic mass is 10.1. The average Bonchev–Trinajstić information content (AvgIpc) is 3.41. The van der Waals surface area contributed by atoms with Gasteiger partial charge in [-0.15, -0.1) is 0 Å². The van der Waals surface area contributed by atoms with Gasteiger partial charge in [-0.25, -0.2) is 4.79 Å². The van der Waals surface area contributed by atoms with Crippen LogP contribution in [0.2, 0.25) is 0 Å². The zero-order valence-corrected chi connectivity index (χ0v) is 17.8. The SMILES string of the molecule is Cc1ccc(C(=O)N2CCN(C(=O)NC(CN3CCCC3=O)c3ccccc3)CC2)o1. The molecule has 1 atom stereocenters. The number of benzene rings is 1. The number of carbonyl (C=O) groups is 3. The number of likely N-dealkylation sites (tertiary alicyclic amines) is 1. The van der Waals surface area contributed by atoms with Gasteiger partial charge >= 0.3 is 6.03 Å². The Morgan fingerprint density at radius 1 is 1.00 bits per heavy atom. The molecular weight excluding hydrogens is 396 g/mol. The van der Waals surface area contributed by atoms with E-state index in [0.29, 0.717) is 50.7 Å². The van der Waals surface area contributed by atoms with Crippen LogP contribution < -0.4 is 5.32 Å². The summed E-state index contributed by atoms with van der Waals surface area (Å²) in [4.78, 5) is 42.9. The minimum Gasteiger partial charge on any atom is -0.456 e. The number of piperazine rings is 1. The number of nitrogens with one attached hydrogen (secondary N) is 1. The number of amides is 4. The summed E-state index contributed by atoms with van der Waals surface area (Å²) in [5.74, 6) is 1.01. The third-order valence-corrected chi connectivity index (χ3v) is 5.88.